The quantitative estimate of drug-likeness (QED) is 0.806. The Hall–Kier alpha value is -1.91. The highest BCUT2D eigenvalue weighted by Crippen LogP contribution is 2.65. The summed E-state index contributed by atoms with van der Waals surface area (Å²) in [5, 5.41) is 2.84. The van der Waals surface area contributed by atoms with E-state index < -0.39 is 10.3 Å². The van der Waals surface area contributed by atoms with Crippen molar-refractivity contribution in [3.63, 3.8) is 0 Å². The van der Waals surface area contributed by atoms with E-state index in [4.69, 9.17) is 32.7 Å². The molecule has 1 aliphatic rings. The largest absolute Gasteiger partial charge is 0.497 e. The fourth-order valence-electron chi connectivity index (χ4n) is 2.84. The highest BCUT2D eigenvalue weighted by molar-refractivity contribution is 6.53. The lowest BCUT2D eigenvalue weighted by atomic mass is 10.1. The van der Waals surface area contributed by atoms with Crippen molar-refractivity contribution in [2.45, 2.75) is 10.3 Å². The number of rotatable bonds is 5. The van der Waals surface area contributed by atoms with Crippen molar-refractivity contribution in [3.8, 4) is 11.5 Å². The highest BCUT2D eigenvalue weighted by atomic mass is 35.5. The molecule has 0 heterocycles. The summed E-state index contributed by atoms with van der Waals surface area (Å²) >= 11 is 12.7. The normalized spacial score (nSPS) is 21.0. The summed E-state index contributed by atoms with van der Waals surface area (Å²) < 4.78 is 9.34. The highest BCUT2D eigenvalue weighted by Gasteiger charge is 2.67. The number of carbonyl (C=O) groups is 1. The summed E-state index contributed by atoms with van der Waals surface area (Å²) in [5.41, 5.74) is 1.50. The predicted octanol–water partition coefficient (Wildman–Crippen LogP) is 4.23. The van der Waals surface area contributed by atoms with E-state index in [1.807, 2.05) is 30.3 Å². The molecule has 2 atom stereocenters. The van der Waals surface area contributed by atoms with Crippen LogP contribution in [0.4, 0.5) is 5.69 Å². The Morgan fingerprint density at radius 3 is 2.42 bits per heavy atom. The van der Waals surface area contributed by atoms with Gasteiger partial charge in [-0.1, -0.05) is 30.3 Å². The number of benzene rings is 2. The van der Waals surface area contributed by atoms with Gasteiger partial charge in [0.2, 0.25) is 5.91 Å². The van der Waals surface area contributed by atoms with Crippen LogP contribution in [0.3, 0.4) is 0 Å². The van der Waals surface area contributed by atoms with Gasteiger partial charge in [0, 0.05) is 12.0 Å². The third-order valence-electron chi connectivity index (χ3n) is 4.16. The van der Waals surface area contributed by atoms with Crippen LogP contribution in [0.2, 0.25) is 0 Å². The molecule has 1 aliphatic carbocycles. The Bertz CT molecular complexity index is 749. The smallest absolute Gasteiger partial charge is 0.231 e. The number of hydrogen-bond donors (Lipinski definition) is 1. The monoisotopic (exact) mass is 365 g/mol. The zero-order chi connectivity index (χ0) is 17.3. The molecule has 2 aromatic rings. The summed E-state index contributed by atoms with van der Waals surface area (Å²) in [6.07, 6.45) is 0. The molecule has 1 saturated carbocycles. The van der Waals surface area contributed by atoms with Crippen molar-refractivity contribution in [2.24, 2.45) is 5.92 Å². The zero-order valence-electron chi connectivity index (χ0n) is 13.3. The SMILES string of the molecule is COc1ccc(NC(=O)[C@H]2[C@@H](c3ccccc3)C2(Cl)Cl)c(OC)c1. The van der Waals surface area contributed by atoms with Crippen molar-refractivity contribution < 1.29 is 14.3 Å². The number of anilines is 1. The molecule has 1 N–H and O–H groups in total. The topological polar surface area (TPSA) is 47.6 Å². The minimum Gasteiger partial charge on any atom is -0.497 e. The Morgan fingerprint density at radius 2 is 1.79 bits per heavy atom. The van der Waals surface area contributed by atoms with E-state index in [0.29, 0.717) is 17.2 Å². The maximum atomic E-state index is 12.6. The fourth-order valence-corrected chi connectivity index (χ4v) is 3.67. The van der Waals surface area contributed by atoms with Gasteiger partial charge in [-0.15, -0.1) is 23.2 Å². The van der Waals surface area contributed by atoms with Crippen LogP contribution in [0, 0.1) is 5.92 Å². The number of halogens is 2. The van der Waals surface area contributed by atoms with Crippen molar-refractivity contribution in [1.29, 1.82) is 0 Å². The van der Waals surface area contributed by atoms with Gasteiger partial charge in [0.05, 0.1) is 25.8 Å². The average molecular weight is 366 g/mol. The maximum absolute atomic E-state index is 12.6. The standard InChI is InChI=1S/C18H17Cl2NO3/c1-23-12-8-9-13(14(10-12)24-2)21-17(22)16-15(18(16,19)20)11-6-4-3-5-7-11/h3-10,15-16H,1-2H3,(H,21,22)/t15-,16-/m1/s1. The number of hydrogen-bond acceptors (Lipinski definition) is 3. The molecule has 0 aliphatic heterocycles. The van der Waals surface area contributed by atoms with E-state index >= 15 is 0 Å². The third-order valence-corrected chi connectivity index (χ3v) is 5.10. The molecule has 0 bridgehead atoms. The molecule has 24 heavy (non-hydrogen) atoms. The van der Waals surface area contributed by atoms with Crippen molar-refractivity contribution in [3.05, 3.63) is 54.1 Å². The first-order valence-corrected chi connectivity index (χ1v) is 8.20. The molecule has 6 heteroatoms. The van der Waals surface area contributed by atoms with Crippen LogP contribution in [0.25, 0.3) is 0 Å². The van der Waals surface area contributed by atoms with Crippen molar-refractivity contribution in [2.75, 3.05) is 19.5 Å². The summed E-state index contributed by atoms with van der Waals surface area (Å²) in [5.74, 6) is 0.162. The van der Waals surface area contributed by atoms with E-state index in [1.54, 1.807) is 25.3 Å². The first-order chi connectivity index (χ1) is 11.5. The van der Waals surface area contributed by atoms with E-state index in [0.717, 1.165) is 5.56 Å². The number of ether oxygens (including phenoxy) is 2. The van der Waals surface area contributed by atoms with Gasteiger partial charge in [-0.25, -0.2) is 0 Å². The van der Waals surface area contributed by atoms with Crippen LogP contribution >= 0.6 is 23.2 Å². The molecule has 4 nitrogen and oxygen atoms in total. The van der Waals surface area contributed by atoms with E-state index in [1.165, 1.54) is 7.11 Å². The number of nitrogens with one attached hydrogen (secondary N) is 1. The molecule has 0 aromatic heterocycles. The fraction of sp³-hybridized carbons (Fsp3) is 0.278. The van der Waals surface area contributed by atoms with Gasteiger partial charge in [0.15, 0.2) is 0 Å². The summed E-state index contributed by atoms with van der Waals surface area (Å²) in [4.78, 5) is 12.6. The Kier molecular flexibility index (Phi) is 4.61. The van der Waals surface area contributed by atoms with E-state index in [-0.39, 0.29) is 11.8 Å². The molecule has 1 amide bonds. The second kappa shape index (κ2) is 6.54. The molecule has 0 radical (unpaired) electrons. The van der Waals surface area contributed by atoms with Crippen LogP contribution in [-0.2, 0) is 4.79 Å². The van der Waals surface area contributed by atoms with Gasteiger partial charge in [0.1, 0.15) is 15.8 Å². The maximum Gasteiger partial charge on any atom is 0.231 e. The van der Waals surface area contributed by atoms with Crippen LogP contribution in [0.1, 0.15) is 11.5 Å². The number of carbonyl (C=O) groups excluding carboxylic acids is 1. The third kappa shape index (κ3) is 3.04. The minimum absolute atomic E-state index is 0.230. The van der Waals surface area contributed by atoms with Gasteiger partial charge < -0.3 is 14.8 Å². The van der Waals surface area contributed by atoms with Gasteiger partial charge in [0.25, 0.3) is 0 Å². The lowest BCUT2D eigenvalue weighted by Gasteiger charge is -2.11. The number of amides is 1. The van der Waals surface area contributed by atoms with Gasteiger partial charge in [-0.05, 0) is 17.7 Å². The number of alkyl halides is 2. The summed E-state index contributed by atoms with van der Waals surface area (Å²) in [6, 6.07) is 14.7. The first-order valence-electron chi connectivity index (χ1n) is 7.44. The first kappa shape index (κ1) is 16.9. The number of methoxy groups -OCH3 is 2. The van der Waals surface area contributed by atoms with E-state index in [2.05, 4.69) is 5.32 Å². The molecular weight excluding hydrogens is 349 g/mol. The Morgan fingerprint density at radius 1 is 1.08 bits per heavy atom. The van der Waals surface area contributed by atoms with Crippen LogP contribution in [-0.4, -0.2) is 24.5 Å². The summed E-state index contributed by atoms with van der Waals surface area (Å²) in [6.45, 7) is 0. The van der Waals surface area contributed by atoms with Crippen molar-refractivity contribution in [1.82, 2.24) is 0 Å². The second-order valence-corrected chi connectivity index (χ2v) is 7.04. The molecule has 3 rings (SSSR count). The molecule has 2 aromatic carbocycles. The average Bonchev–Trinajstić information content (AvgIpc) is 3.18. The van der Waals surface area contributed by atoms with E-state index in [9.17, 15) is 4.79 Å². The second-order valence-electron chi connectivity index (χ2n) is 5.60. The van der Waals surface area contributed by atoms with Crippen molar-refractivity contribution >= 4 is 34.8 Å². The van der Waals surface area contributed by atoms with Crippen LogP contribution in [0.5, 0.6) is 11.5 Å². The Labute approximate surface area is 150 Å². The van der Waals surface area contributed by atoms with Crippen LogP contribution in [0.15, 0.2) is 48.5 Å². The molecule has 0 unspecified atom stereocenters. The zero-order valence-corrected chi connectivity index (χ0v) is 14.8. The van der Waals surface area contributed by atoms with Gasteiger partial charge in [-0.2, -0.15) is 0 Å². The molecule has 126 valence electrons. The molecule has 0 spiro atoms. The molecule has 1 fully saturated rings. The van der Waals surface area contributed by atoms with Gasteiger partial charge in [-0.3, -0.25) is 4.79 Å². The molecular formula is C18H17Cl2NO3. The molecule has 0 saturated heterocycles. The van der Waals surface area contributed by atoms with Gasteiger partial charge >= 0.3 is 0 Å². The van der Waals surface area contributed by atoms with Crippen LogP contribution < -0.4 is 14.8 Å². The Balaban J connectivity index is 1.79. The predicted molar refractivity (Wildman–Crippen MR) is 95.3 cm³/mol. The summed E-state index contributed by atoms with van der Waals surface area (Å²) in [7, 11) is 3.10. The minimum atomic E-state index is -1.11. The lowest BCUT2D eigenvalue weighted by molar-refractivity contribution is -0.117. The lowest BCUT2D eigenvalue weighted by Crippen LogP contribution is -2.17.